The molecule has 0 spiro atoms. The van der Waals surface area contributed by atoms with E-state index in [1.54, 1.807) is 6.20 Å². The van der Waals surface area contributed by atoms with E-state index in [0.29, 0.717) is 5.88 Å². The van der Waals surface area contributed by atoms with Crippen molar-refractivity contribution in [2.24, 2.45) is 0 Å². The van der Waals surface area contributed by atoms with Crippen LogP contribution in [-0.2, 0) is 20.2 Å². The van der Waals surface area contributed by atoms with Crippen LogP contribution in [0, 0.1) is 0 Å². The van der Waals surface area contributed by atoms with E-state index >= 15 is 0 Å². The van der Waals surface area contributed by atoms with Gasteiger partial charge in [0.05, 0.1) is 0 Å². The number of hydrogen-bond acceptors (Lipinski definition) is 2. The molecule has 1 heterocycles. The fraction of sp³-hybridized carbons (Fsp3) is 0. The van der Waals surface area contributed by atoms with Crippen molar-refractivity contribution in [3.8, 4) is 5.88 Å². The summed E-state index contributed by atoms with van der Waals surface area (Å²) in [5.74, 6) is 0.697. The fourth-order valence-corrected chi connectivity index (χ4v) is 0.751. The van der Waals surface area contributed by atoms with E-state index < -0.39 is 0 Å². The molecule has 7 heteroatoms. The summed E-state index contributed by atoms with van der Waals surface area (Å²) >= 11 is 1.07. The molecule has 0 bridgehead atoms. The summed E-state index contributed by atoms with van der Waals surface area (Å²) in [5.41, 5.74) is 0. The van der Waals surface area contributed by atoms with Gasteiger partial charge in [-0.15, -0.1) is 0 Å². The first kappa shape index (κ1) is 23.0. The Kier molecular flexibility index (Phi) is 27.5. The molecular weight excluding hydrogens is 416 g/mol. The molecule has 0 aliphatic carbocycles. The summed E-state index contributed by atoms with van der Waals surface area (Å²) in [5, 5.41) is 0. The molecule has 2 nitrogen and oxygen atoms in total. The van der Waals surface area contributed by atoms with Gasteiger partial charge in [0.25, 0.3) is 0 Å². The molecule has 1 aromatic heterocycles. The van der Waals surface area contributed by atoms with Crippen molar-refractivity contribution in [2.75, 3.05) is 0 Å². The standard InChI is InChI=1S/C5H5NO.4ClH.W/c7-5-3-1-2-4-6-5;;;;;/h1-4H,(H,6,7);4*1H;/q;;;;;+5/p-5. The van der Waals surface area contributed by atoms with Gasteiger partial charge in [-0.2, -0.15) is 0 Å². The summed E-state index contributed by atoms with van der Waals surface area (Å²) in [6.07, 6.45) is 1.71. The molecule has 0 saturated carbocycles. The van der Waals surface area contributed by atoms with Crippen molar-refractivity contribution in [3.05, 3.63) is 24.4 Å². The van der Waals surface area contributed by atoms with E-state index in [-0.39, 0.29) is 49.6 Å². The topological polar surface area (TPSA) is 22.1 Å². The van der Waals surface area contributed by atoms with Gasteiger partial charge in [0.1, 0.15) is 0 Å². The van der Waals surface area contributed by atoms with Crippen molar-refractivity contribution in [1.29, 1.82) is 0 Å². The van der Waals surface area contributed by atoms with E-state index in [2.05, 4.69) is 4.98 Å². The molecular formula is C5H4Cl4NOW. The Bertz CT molecular complexity index is 165. The monoisotopic (exact) mass is 418 g/mol. The molecule has 0 aliphatic rings. The normalized spacial score (nSPS) is 5.83. The Morgan fingerprint density at radius 2 is 1.67 bits per heavy atom. The summed E-state index contributed by atoms with van der Waals surface area (Å²) in [4.78, 5) is 3.90. The second-order valence-electron chi connectivity index (χ2n) is 1.25. The molecule has 1 aromatic rings. The van der Waals surface area contributed by atoms with Crippen molar-refractivity contribution < 1.29 is 73.2 Å². The van der Waals surface area contributed by atoms with Gasteiger partial charge in [-0.05, 0) is 0 Å². The number of aromatic nitrogens is 1. The third-order valence-electron chi connectivity index (χ3n) is 0.723. The Morgan fingerprint density at radius 3 is 1.92 bits per heavy atom. The average molecular weight is 420 g/mol. The first-order chi connectivity index (χ1) is 3.93. The SMILES string of the molecule is [Cl-].[Cl-].[Cl-].[Cl-].[W+4][O]c1ccccn1. The van der Waals surface area contributed by atoms with Crippen LogP contribution in [-0.4, -0.2) is 4.98 Å². The zero-order chi connectivity index (χ0) is 5.82. The quantitative estimate of drug-likeness (QED) is 0.451. The number of rotatable bonds is 1. The predicted octanol–water partition coefficient (Wildman–Crippen LogP) is -11.1. The Balaban J connectivity index is -0.0000000800. The van der Waals surface area contributed by atoms with E-state index in [1.807, 2.05) is 18.2 Å². The summed E-state index contributed by atoms with van der Waals surface area (Å²) in [7, 11) is 0. The van der Waals surface area contributed by atoms with Crippen LogP contribution < -0.4 is 53.0 Å². The molecule has 0 radical (unpaired) electrons. The zero-order valence-electron chi connectivity index (χ0n) is 5.58. The van der Waals surface area contributed by atoms with E-state index in [1.165, 1.54) is 0 Å². The van der Waals surface area contributed by atoms with Crippen LogP contribution in [0.4, 0.5) is 0 Å². The molecule has 12 heavy (non-hydrogen) atoms. The van der Waals surface area contributed by atoms with Crippen LogP contribution in [0.15, 0.2) is 24.4 Å². The van der Waals surface area contributed by atoms with Gasteiger partial charge in [0.15, 0.2) is 0 Å². The van der Waals surface area contributed by atoms with Crippen molar-refractivity contribution in [2.45, 2.75) is 0 Å². The van der Waals surface area contributed by atoms with Crippen molar-refractivity contribution >= 4 is 0 Å². The van der Waals surface area contributed by atoms with Crippen LogP contribution in [0.1, 0.15) is 0 Å². The van der Waals surface area contributed by atoms with E-state index in [9.17, 15) is 0 Å². The zero-order valence-corrected chi connectivity index (χ0v) is 11.5. The molecule has 0 fully saturated rings. The third kappa shape index (κ3) is 8.89. The van der Waals surface area contributed by atoms with E-state index in [0.717, 1.165) is 20.2 Å². The van der Waals surface area contributed by atoms with Gasteiger partial charge in [-0.1, -0.05) is 0 Å². The molecule has 0 unspecified atom stereocenters. The summed E-state index contributed by atoms with van der Waals surface area (Å²) in [6.45, 7) is 0. The fourth-order valence-electron chi connectivity index (χ4n) is 0.396. The van der Waals surface area contributed by atoms with Gasteiger partial charge < -0.3 is 49.6 Å². The van der Waals surface area contributed by atoms with Gasteiger partial charge in [-0.3, -0.25) is 0 Å². The molecule has 1 rings (SSSR count). The van der Waals surface area contributed by atoms with Gasteiger partial charge >= 0.3 is 58.8 Å². The average Bonchev–Trinajstić information content (AvgIpc) is 1.90. The minimum atomic E-state index is 0. The summed E-state index contributed by atoms with van der Waals surface area (Å²) < 4.78 is 4.89. The van der Waals surface area contributed by atoms with Gasteiger partial charge in [0, 0.05) is 0 Å². The van der Waals surface area contributed by atoms with Crippen LogP contribution in [0.3, 0.4) is 0 Å². The van der Waals surface area contributed by atoms with Gasteiger partial charge in [-0.25, -0.2) is 0 Å². The maximum atomic E-state index is 4.89. The molecule has 0 saturated heterocycles. The third-order valence-corrected chi connectivity index (χ3v) is 1.34. The maximum absolute atomic E-state index is 4.89. The molecule has 0 aliphatic heterocycles. The molecule has 69 valence electrons. The van der Waals surface area contributed by atoms with Crippen LogP contribution >= 0.6 is 0 Å². The van der Waals surface area contributed by atoms with Crippen LogP contribution in [0.2, 0.25) is 0 Å². The molecule has 0 amide bonds. The van der Waals surface area contributed by atoms with Crippen LogP contribution in [0.25, 0.3) is 0 Å². The number of hydrogen-bond donors (Lipinski definition) is 0. The van der Waals surface area contributed by atoms with Crippen molar-refractivity contribution in [3.63, 3.8) is 0 Å². The Hall–Kier alpha value is 0.798. The van der Waals surface area contributed by atoms with E-state index in [4.69, 9.17) is 3.39 Å². The van der Waals surface area contributed by atoms with Crippen LogP contribution in [0.5, 0.6) is 5.88 Å². The molecule has 0 aromatic carbocycles. The minimum absolute atomic E-state index is 0. The Morgan fingerprint density at radius 1 is 1.08 bits per heavy atom. The number of halogens is 4. The molecule has 0 N–H and O–H groups in total. The van der Waals surface area contributed by atoms with Crippen molar-refractivity contribution in [1.82, 2.24) is 4.98 Å². The second kappa shape index (κ2) is 14.3. The van der Waals surface area contributed by atoms with Gasteiger partial charge in [0.2, 0.25) is 0 Å². The predicted molar refractivity (Wildman–Crippen MR) is 24.9 cm³/mol. The number of pyridine rings is 1. The Labute approximate surface area is 108 Å². The first-order valence-corrected chi connectivity index (χ1v) is 3.34. The second-order valence-corrected chi connectivity index (χ2v) is 1.85. The first-order valence-electron chi connectivity index (χ1n) is 2.14. The molecule has 0 atom stereocenters. The summed E-state index contributed by atoms with van der Waals surface area (Å²) in [6, 6.07) is 5.58. The number of nitrogens with zero attached hydrogens (tertiary/aromatic N) is 1.